The topological polar surface area (TPSA) is 87.7 Å². The summed E-state index contributed by atoms with van der Waals surface area (Å²) in [4.78, 5) is 42.1. The van der Waals surface area contributed by atoms with Gasteiger partial charge in [0.2, 0.25) is 11.8 Å². The monoisotopic (exact) mass is 487 g/mol. The van der Waals surface area contributed by atoms with Crippen LogP contribution in [0.3, 0.4) is 0 Å². The Morgan fingerprint density at radius 3 is 2.17 bits per heavy atom. The molecule has 2 rings (SSSR count). The van der Waals surface area contributed by atoms with E-state index in [-0.39, 0.29) is 23.8 Å². The molecule has 1 aliphatic rings. The van der Waals surface area contributed by atoms with Crippen LogP contribution in [0.2, 0.25) is 0 Å². The fourth-order valence-corrected chi connectivity index (χ4v) is 4.32. The van der Waals surface area contributed by atoms with Gasteiger partial charge in [0.1, 0.15) is 17.7 Å². The van der Waals surface area contributed by atoms with Gasteiger partial charge in [0.25, 0.3) is 0 Å². The van der Waals surface area contributed by atoms with E-state index < -0.39 is 23.8 Å². The number of nitrogens with one attached hydrogen (secondary N) is 2. The van der Waals surface area contributed by atoms with Crippen LogP contribution in [-0.2, 0) is 14.3 Å². The van der Waals surface area contributed by atoms with Crippen molar-refractivity contribution in [2.45, 2.75) is 111 Å². The van der Waals surface area contributed by atoms with Gasteiger partial charge >= 0.3 is 6.09 Å². The Kier molecular flexibility index (Phi) is 10.2. The molecule has 2 unspecified atom stereocenters. The number of alkyl carbamates (subject to hydrolysis) is 1. The summed E-state index contributed by atoms with van der Waals surface area (Å²) in [7, 11) is 0. The van der Waals surface area contributed by atoms with Crippen molar-refractivity contribution in [1.29, 1.82) is 0 Å². The molecule has 0 aromatic heterocycles. The third-order valence-electron chi connectivity index (χ3n) is 6.22. The summed E-state index contributed by atoms with van der Waals surface area (Å²) in [6, 6.07) is 4.34. The van der Waals surface area contributed by atoms with Crippen molar-refractivity contribution in [3.05, 3.63) is 34.9 Å². The first-order chi connectivity index (χ1) is 16.4. The zero-order valence-electron chi connectivity index (χ0n) is 22.9. The quantitative estimate of drug-likeness (QED) is 0.421. The van der Waals surface area contributed by atoms with Gasteiger partial charge in [-0.15, -0.1) is 0 Å². The predicted molar refractivity (Wildman–Crippen MR) is 139 cm³/mol. The second kappa shape index (κ2) is 12.4. The highest BCUT2D eigenvalue weighted by Crippen LogP contribution is 2.38. The summed E-state index contributed by atoms with van der Waals surface area (Å²) in [5.41, 5.74) is 2.13. The molecule has 2 N–H and O–H groups in total. The highest BCUT2D eigenvalue weighted by atomic mass is 16.6. The summed E-state index contributed by atoms with van der Waals surface area (Å²) in [5, 5.41) is 5.87. The van der Waals surface area contributed by atoms with Gasteiger partial charge in [-0.2, -0.15) is 0 Å². The largest absolute Gasteiger partial charge is 0.444 e. The summed E-state index contributed by atoms with van der Waals surface area (Å²) in [6.45, 7) is 15.8. The Morgan fingerprint density at radius 2 is 1.69 bits per heavy atom. The molecule has 35 heavy (non-hydrogen) atoms. The molecular formula is C28H45N3O4. The molecule has 0 heterocycles. The summed E-state index contributed by atoms with van der Waals surface area (Å²) in [5.74, 6) is -0.592. The maximum atomic E-state index is 14.1. The molecule has 7 nitrogen and oxygen atoms in total. The van der Waals surface area contributed by atoms with Crippen molar-refractivity contribution in [1.82, 2.24) is 15.5 Å². The van der Waals surface area contributed by atoms with Crippen LogP contribution in [0, 0.1) is 19.8 Å². The Balaban J connectivity index is 2.44. The van der Waals surface area contributed by atoms with Gasteiger partial charge in [-0.05, 0) is 76.5 Å². The summed E-state index contributed by atoms with van der Waals surface area (Å²) < 4.78 is 5.43. The predicted octanol–water partition coefficient (Wildman–Crippen LogP) is 5.19. The zero-order valence-corrected chi connectivity index (χ0v) is 22.9. The van der Waals surface area contributed by atoms with E-state index in [0.29, 0.717) is 6.54 Å². The molecule has 1 fully saturated rings. The van der Waals surface area contributed by atoms with E-state index in [0.717, 1.165) is 48.8 Å². The van der Waals surface area contributed by atoms with Gasteiger partial charge in [-0.1, -0.05) is 51.8 Å². The molecular weight excluding hydrogens is 442 g/mol. The number of amides is 3. The SMILES string of the molecule is CCCCCNC(=O)C(c1c(C)cccc1C)N(C(=O)C(NC(=O)OC(C)(C)C)C(C)C)C1CC1. The van der Waals surface area contributed by atoms with Gasteiger partial charge < -0.3 is 20.3 Å². The molecule has 0 bridgehead atoms. The number of nitrogens with zero attached hydrogens (tertiary/aromatic N) is 1. The van der Waals surface area contributed by atoms with Gasteiger partial charge in [0.15, 0.2) is 0 Å². The number of rotatable bonds is 11. The number of benzene rings is 1. The lowest BCUT2D eigenvalue weighted by atomic mass is 9.92. The molecule has 1 saturated carbocycles. The standard InChI is InChI=1S/C28H45N3O4/c1-9-10-11-17-29-25(32)24(22-19(4)13-12-14-20(22)5)31(21-15-16-21)26(33)23(18(2)3)30-27(34)35-28(6,7)8/h12-14,18,21,23-24H,9-11,15-17H2,1-8H3,(H,29,32)(H,30,34). The first-order valence-electron chi connectivity index (χ1n) is 13.0. The highest BCUT2D eigenvalue weighted by molar-refractivity contribution is 5.93. The maximum absolute atomic E-state index is 14.1. The van der Waals surface area contributed by atoms with Gasteiger partial charge in [0, 0.05) is 12.6 Å². The van der Waals surface area contributed by atoms with E-state index in [4.69, 9.17) is 4.74 Å². The fourth-order valence-electron chi connectivity index (χ4n) is 4.32. The van der Waals surface area contributed by atoms with E-state index in [2.05, 4.69) is 17.6 Å². The third kappa shape index (κ3) is 8.25. The molecule has 3 amide bonds. The molecule has 0 radical (unpaired) electrons. The van der Waals surface area contributed by atoms with Crippen LogP contribution in [0.25, 0.3) is 0 Å². The van der Waals surface area contributed by atoms with Crippen LogP contribution in [0.15, 0.2) is 18.2 Å². The molecule has 1 aromatic carbocycles. The highest BCUT2D eigenvalue weighted by Gasteiger charge is 2.45. The lowest BCUT2D eigenvalue weighted by Gasteiger charge is -2.37. The van der Waals surface area contributed by atoms with E-state index in [9.17, 15) is 14.4 Å². The van der Waals surface area contributed by atoms with Gasteiger partial charge in [0.05, 0.1) is 0 Å². The lowest BCUT2D eigenvalue weighted by Crippen LogP contribution is -2.55. The Morgan fingerprint density at radius 1 is 1.09 bits per heavy atom. The van der Waals surface area contributed by atoms with Crippen LogP contribution >= 0.6 is 0 Å². The first kappa shape index (κ1) is 28.7. The number of ether oxygens (including phenoxy) is 1. The number of unbranched alkanes of at least 4 members (excludes halogenated alkanes) is 2. The summed E-state index contributed by atoms with van der Waals surface area (Å²) in [6.07, 6.45) is 4.05. The van der Waals surface area contributed by atoms with Crippen molar-refractivity contribution in [3.8, 4) is 0 Å². The first-order valence-corrected chi connectivity index (χ1v) is 13.0. The minimum Gasteiger partial charge on any atom is -0.444 e. The molecule has 2 atom stereocenters. The number of carbonyl (C=O) groups is 3. The van der Waals surface area contributed by atoms with Gasteiger partial charge in [-0.25, -0.2) is 4.79 Å². The van der Waals surface area contributed by atoms with Crippen LogP contribution in [0.5, 0.6) is 0 Å². The fraction of sp³-hybridized carbons (Fsp3) is 0.679. The molecule has 196 valence electrons. The number of carbonyl (C=O) groups excluding carboxylic acids is 3. The van der Waals surface area contributed by atoms with Crippen molar-refractivity contribution in [2.24, 2.45) is 5.92 Å². The normalized spacial score (nSPS) is 15.3. The van der Waals surface area contributed by atoms with Crippen molar-refractivity contribution in [2.75, 3.05) is 6.54 Å². The van der Waals surface area contributed by atoms with Crippen molar-refractivity contribution in [3.63, 3.8) is 0 Å². The Labute approximate surface area is 211 Å². The van der Waals surface area contributed by atoms with Crippen LogP contribution in [-0.4, -0.2) is 47.0 Å². The average Bonchev–Trinajstić information content (AvgIpc) is 3.57. The molecule has 7 heteroatoms. The smallest absolute Gasteiger partial charge is 0.408 e. The molecule has 1 aromatic rings. The number of hydrogen-bond donors (Lipinski definition) is 2. The number of aryl methyl sites for hydroxylation is 2. The number of hydrogen-bond acceptors (Lipinski definition) is 4. The lowest BCUT2D eigenvalue weighted by molar-refractivity contribution is -0.144. The zero-order chi connectivity index (χ0) is 26.3. The average molecular weight is 488 g/mol. The van der Waals surface area contributed by atoms with E-state index >= 15 is 0 Å². The minimum atomic E-state index is -0.801. The molecule has 1 aliphatic carbocycles. The van der Waals surface area contributed by atoms with Gasteiger partial charge in [-0.3, -0.25) is 9.59 Å². The second-order valence-corrected chi connectivity index (χ2v) is 11.1. The van der Waals surface area contributed by atoms with E-state index in [1.54, 1.807) is 25.7 Å². The summed E-state index contributed by atoms with van der Waals surface area (Å²) >= 11 is 0. The van der Waals surface area contributed by atoms with Crippen LogP contribution in [0.1, 0.15) is 96.4 Å². The Bertz CT molecular complexity index is 866. The van der Waals surface area contributed by atoms with Crippen molar-refractivity contribution < 1.29 is 19.1 Å². The van der Waals surface area contributed by atoms with E-state index in [1.165, 1.54) is 0 Å². The molecule has 0 spiro atoms. The van der Waals surface area contributed by atoms with Crippen molar-refractivity contribution >= 4 is 17.9 Å². The third-order valence-corrected chi connectivity index (χ3v) is 6.22. The maximum Gasteiger partial charge on any atom is 0.408 e. The minimum absolute atomic E-state index is 0.0328. The Hall–Kier alpha value is -2.57. The van der Waals surface area contributed by atoms with Crippen LogP contribution < -0.4 is 10.6 Å². The van der Waals surface area contributed by atoms with Crippen LogP contribution in [0.4, 0.5) is 4.79 Å². The second-order valence-electron chi connectivity index (χ2n) is 11.1. The molecule has 0 saturated heterocycles. The molecule has 0 aliphatic heterocycles. The van der Waals surface area contributed by atoms with E-state index in [1.807, 2.05) is 45.9 Å².